The molecule has 0 aliphatic carbocycles. The number of primary sulfonamides is 1. The van der Waals surface area contributed by atoms with Gasteiger partial charge in [-0.15, -0.1) is 0 Å². The maximum atomic E-state index is 12.3. The van der Waals surface area contributed by atoms with Crippen molar-refractivity contribution in [2.24, 2.45) is 10.9 Å². The third-order valence-corrected chi connectivity index (χ3v) is 5.68. The van der Waals surface area contributed by atoms with Crippen LogP contribution in [0.25, 0.3) is 17.2 Å². The van der Waals surface area contributed by atoms with Crippen LogP contribution in [-0.4, -0.2) is 27.3 Å². The number of primary amides is 1. The van der Waals surface area contributed by atoms with Crippen molar-refractivity contribution in [2.45, 2.75) is 4.90 Å². The molecule has 10 heteroatoms. The smallest absolute Gasteiger partial charge is 0.250 e. The summed E-state index contributed by atoms with van der Waals surface area (Å²) < 4.78 is 28.1. The molecule has 33 heavy (non-hydrogen) atoms. The van der Waals surface area contributed by atoms with E-state index < -0.39 is 21.8 Å². The van der Waals surface area contributed by atoms with Crippen LogP contribution in [0.15, 0.2) is 71.6 Å². The summed E-state index contributed by atoms with van der Waals surface area (Å²) in [5.41, 5.74) is 13.9. The number of rotatable bonds is 7. The van der Waals surface area contributed by atoms with Crippen LogP contribution in [0.5, 0.6) is 5.75 Å². The van der Waals surface area contributed by atoms with Crippen LogP contribution in [-0.2, 0) is 14.8 Å². The van der Waals surface area contributed by atoms with Crippen LogP contribution in [0.1, 0.15) is 15.9 Å². The molecule has 0 radical (unpaired) electrons. The lowest BCUT2D eigenvalue weighted by Crippen LogP contribution is -2.14. The number of nitrogens with one attached hydrogen (secondary N) is 1. The van der Waals surface area contributed by atoms with E-state index in [1.165, 1.54) is 42.5 Å². The van der Waals surface area contributed by atoms with E-state index in [1.54, 1.807) is 37.4 Å². The molecule has 9 nitrogen and oxygen atoms in total. The van der Waals surface area contributed by atoms with Crippen molar-refractivity contribution < 1.29 is 22.7 Å². The van der Waals surface area contributed by atoms with Crippen LogP contribution in [0.3, 0.4) is 0 Å². The zero-order valence-corrected chi connectivity index (χ0v) is 18.4. The third-order valence-electron chi connectivity index (χ3n) is 4.75. The van der Waals surface area contributed by atoms with Crippen molar-refractivity contribution in [3.8, 4) is 16.9 Å². The Morgan fingerprint density at radius 1 is 1.00 bits per heavy atom. The van der Waals surface area contributed by atoms with Crippen molar-refractivity contribution in [1.29, 1.82) is 0 Å². The van der Waals surface area contributed by atoms with Crippen LogP contribution in [0, 0.1) is 0 Å². The summed E-state index contributed by atoms with van der Waals surface area (Å²) in [6.45, 7) is 0. The summed E-state index contributed by atoms with van der Waals surface area (Å²) in [5, 5.41) is 7.85. The summed E-state index contributed by atoms with van der Waals surface area (Å²) in [6, 6.07) is 15.6. The second kappa shape index (κ2) is 9.55. The molecule has 0 aliphatic heterocycles. The van der Waals surface area contributed by atoms with Gasteiger partial charge in [0.15, 0.2) is 0 Å². The molecule has 7 N–H and O–H groups in total. The zero-order valence-electron chi connectivity index (χ0n) is 17.6. The molecule has 3 rings (SSSR count). The zero-order chi connectivity index (χ0) is 24.2. The summed E-state index contributed by atoms with van der Waals surface area (Å²) in [7, 11) is -2.31. The van der Waals surface area contributed by atoms with E-state index in [2.05, 4.69) is 5.32 Å². The number of benzene rings is 3. The maximum Gasteiger partial charge on any atom is 0.250 e. The number of methoxy groups -OCH3 is 1. The van der Waals surface area contributed by atoms with Gasteiger partial charge in [0, 0.05) is 17.3 Å². The van der Waals surface area contributed by atoms with Crippen LogP contribution >= 0.6 is 0 Å². The first-order valence-corrected chi connectivity index (χ1v) is 11.1. The van der Waals surface area contributed by atoms with Gasteiger partial charge in [-0.1, -0.05) is 12.1 Å². The number of anilines is 2. The Hall–Kier alpha value is -4.15. The van der Waals surface area contributed by atoms with Gasteiger partial charge in [0.25, 0.3) is 5.91 Å². The molecule has 0 saturated heterocycles. The molecule has 0 aromatic heterocycles. The van der Waals surface area contributed by atoms with Crippen LogP contribution < -0.4 is 26.7 Å². The van der Waals surface area contributed by atoms with Gasteiger partial charge in [0.05, 0.1) is 23.3 Å². The molecule has 0 spiro atoms. The Kier molecular flexibility index (Phi) is 6.80. The number of nitrogens with two attached hydrogens (primary N) is 3. The number of amides is 2. The Balaban J connectivity index is 1.91. The van der Waals surface area contributed by atoms with Gasteiger partial charge in [0.2, 0.25) is 15.9 Å². The molecule has 0 fully saturated rings. The number of sulfonamides is 1. The van der Waals surface area contributed by atoms with Crippen molar-refractivity contribution >= 4 is 39.3 Å². The molecule has 2 amide bonds. The van der Waals surface area contributed by atoms with Gasteiger partial charge >= 0.3 is 0 Å². The number of carbonyl (C=O) groups excluding carboxylic acids is 2. The first-order chi connectivity index (χ1) is 15.6. The van der Waals surface area contributed by atoms with Gasteiger partial charge in [-0.2, -0.15) is 0 Å². The molecule has 0 saturated carbocycles. The molecule has 0 unspecified atom stereocenters. The fraction of sp³-hybridized carbons (Fsp3) is 0.0435. The van der Waals surface area contributed by atoms with E-state index in [1.807, 2.05) is 0 Å². The monoisotopic (exact) mass is 466 g/mol. The number of carbonyl (C=O) groups is 2. The van der Waals surface area contributed by atoms with Gasteiger partial charge in [0.1, 0.15) is 5.75 Å². The number of hydrogen-bond acceptors (Lipinski definition) is 6. The van der Waals surface area contributed by atoms with E-state index in [4.69, 9.17) is 21.3 Å². The average Bonchev–Trinajstić information content (AvgIpc) is 2.78. The number of nitrogen functional groups attached to an aromatic ring is 1. The highest BCUT2D eigenvalue weighted by molar-refractivity contribution is 7.89. The quantitative estimate of drug-likeness (QED) is 0.308. The van der Waals surface area contributed by atoms with Crippen molar-refractivity contribution in [2.75, 3.05) is 18.2 Å². The lowest BCUT2D eigenvalue weighted by Gasteiger charge is -2.12. The standard InChI is InChI=1S/C23H22N4O5S/c1-32-17-7-5-16(6-8-17)27-21(28)11-2-14-12-19(22(24)20(13-14)23(25)29)15-3-9-18(10-4-15)33(26,30)31/h2-13H,24H2,1H3,(H2,25,29)(H,27,28)(H2,26,30,31). The average molecular weight is 467 g/mol. The van der Waals surface area contributed by atoms with Crippen molar-refractivity contribution in [1.82, 2.24) is 0 Å². The van der Waals surface area contributed by atoms with E-state index >= 15 is 0 Å². The minimum atomic E-state index is -3.86. The maximum absolute atomic E-state index is 12.3. The second-order valence-electron chi connectivity index (χ2n) is 7.01. The SMILES string of the molecule is COc1ccc(NC(=O)C=Cc2cc(C(N)=O)c(N)c(-c3ccc(S(N)(=O)=O)cc3)c2)cc1. The Bertz CT molecular complexity index is 1330. The molecule has 3 aromatic carbocycles. The first kappa shape index (κ1) is 23.5. The molecule has 0 atom stereocenters. The lowest BCUT2D eigenvalue weighted by atomic mass is 9.96. The predicted molar refractivity (Wildman–Crippen MR) is 127 cm³/mol. The lowest BCUT2D eigenvalue weighted by molar-refractivity contribution is -0.111. The van der Waals surface area contributed by atoms with Gasteiger partial charge in [-0.3, -0.25) is 9.59 Å². The van der Waals surface area contributed by atoms with Gasteiger partial charge in [-0.25, -0.2) is 13.6 Å². The van der Waals surface area contributed by atoms with E-state index in [0.29, 0.717) is 28.1 Å². The highest BCUT2D eigenvalue weighted by atomic mass is 32.2. The van der Waals surface area contributed by atoms with Crippen LogP contribution in [0.2, 0.25) is 0 Å². The molecule has 3 aromatic rings. The van der Waals surface area contributed by atoms with E-state index in [9.17, 15) is 18.0 Å². The highest BCUT2D eigenvalue weighted by Gasteiger charge is 2.15. The fourth-order valence-electron chi connectivity index (χ4n) is 3.07. The molecular weight excluding hydrogens is 444 g/mol. The van der Waals surface area contributed by atoms with Crippen molar-refractivity contribution in [3.05, 3.63) is 77.9 Å². The Morgan fingerprint density at radius 2 is 1.64 bits per heavy atom. The van der Waals surface area contributed by atoms with Crippen molar-refractivity contribution in [3.63, 3.8) is 0 Å². The van der Waals surface area contributed by atoms with E-state index in [-0.39, 0.29) is 16.1 Å². The number of ether oxygens (including phenoxy) is 1. The summed E-state index contributed by atoms with van der Waals surface area (Å²) >= 11 is 0. The van der Waals surface area contributed by atoms with Crippen LogP contribution in [0.4, 0.5) is 11.4 Å². The Morgan fingerprint density at radius 3 is 2.18 bits per heavy atom. The molecule has 0 bridgehead atoms. The normalized spacial score (nSPS) is 11.3. The third kappa shape index (κ3) is 5.76. The van der Waals surface area contributed by atoms with E-state index in [0.717, 1.165) is 0 Å². The largest absolute Gasteiger partial charge is 0.497 e. The predicted octanol–water partition coefficient (Wildman–Crippen LogP) is 2.34. The molecular formula is C23H22N4O5S. The minimum Gasteiger partial charge on any atom is -0.497 e. The second-order valence-corrected chi connectivity index (χ2v) is 8.58. The highest BCUT2D eigenvalue weighted by Crippen LogP contribution is 2.31. The van der Waals surface area contributed by atoms with Gasteiger partial charge in [-0.05, 0) is 65.7 Å². The molecule has 170 valence electrons. The summed E-state index contributed by atoms with van der Waals surface area (Å²) in [5.74, 6) is -0.474. The number of hydrogen-bond donors (Lipinski definition) is 4. The van der Waals surface area contributed by atoms with Gasteiger partial charge < -0.3 is 21.5 Å². The topological polar surface area (TPSA) is 168 Å². The summed E-state index contributed by atoms with van der Waals surface area (Å²) in [6.07, 6.45) is 2.81. The summed E-state index contributed by atoms with van der Waals surface area (Å²) in [4.78, 5) is 24.1. The minimum absolute atomic E-state index is 0.0637. The first-order valence-electron chi connectivity index (χ1n) is 9.58. The fourth-order valence-corrected chi connectivity index (χ4v) is 3.58. The molecule has 0 heterocycles. The molecule has 0 aliphatic rings. The Labute approximate surface area is 190 Å².